The lowest BCUT2D eigenvalue weighted by Gasteiger charge is -2.08. The molecule has 0 spiro atoms. The number of carbonyl (C=O) groups excluding carboxylic acids is 1. The van der Waals surface area contributed by atoms with E-state index in [1.807, 2.05) is 33.0 Å². The molecule has 0 aliphatic rings. The topological polar surface area (TPSA) is 54.0 Å². The second kappa shape index (κ2) is 6.30. The average Bonchev–Trinajstić information content (AvgIpc) is 2.38. The molecule has 20 heavy (non-hydrogen) atoms. The summed E-state index contributed by atoms with van der Waals surface area (Å²) in [6.07, 6.45) is 1.66. The molecule has 0 radical (unpaired) electrons. The highest BCUT2D eigenvalue weighted by Crippen LogP contribution is 2.15. The molecule has 0 unspecified atom stereocenters. The minimum absolute atomic E-state index is 0.116. The van der Waals surface area contributed by atoms with Gasteiger partial charge in [0.25, 0.3) is 5.91 Å². The second-order valence-electron chi connectivity index (χ2n) is 4.90. The van der Waals surface area contributed by atoms with E-state index in [-0.39, 0.29) is 5.91 Å². The number of amides is 1. The number of aromatic nitrogens is 1. The summed E-state index contributed by atoms with van der Waals surface area (Å²) < 4.78 is 0. The molecule has 0 aliphatic carbocycles. The Morgan fingerprint density at radius 1 is 1.15 bits per heavy atom. The highest BCUT2D eigenvalue weighted by atomic mass is 16.1. The number of anilines is 1. The number of carbonyl (C=O) groups is 1. The zero-order valence-electron chi connectivity index (χ0n) is 12.0. The molecule has 0 saturated carbocycles. The third-order valence-corrected chi connectivity index (χ3v) is 2.92. The SMILES string of the molecule is CNCc1cc(C(=O)Nc2cc(C)cc(C)c2)ccn1. The van der Waals surface area contributed by atoms with Crippen LogP contribution >= 0.6 is 0 Å². The van der Waals surface area contributed by atoms with Crippen molar-refractivity contribution >= 4 is 11.6 Å². The van der Waals surface area contributed by atoms with Gasteiger partial charge in [0.05, 0.1) is 5.69 Å². The first-order valence-electron chi connectivity index (χ1n) is 6.57. The van der Waals surface area contributed by atoms with Gasteiger partial charge in [0.2, 0.25) is 0 Å². The molecular formula is C16H19N3O. The molecule has 0 fully saturated rings. The van der Waals surface area contributed by atoms with Gasteiger partial charge in [-0.25, -0.2) is 0 Å². The van der Waals surface area contributed by atoms with Crippen molar-refractivity contribution in [3.63, 3.8) is 0 Å². The van der Waals surface area contributed by atoms with Crippen LogP contribution in [-0.2, 0) is 6.54 Å². The third-order valence-electron chi connectivity index (χ3n) is 2.92. The Kier molecular flexibility index (Phi) is 4.48. The van der Waals surface area contributed by atoms with Crippen LogP contribution in [0.1, 0.15) is 27.2 Å². The van der Waals surface area contributed by atoms with E-state index < -0.39 is 0 Å². The first-order chi connectivity index (χ1) is 9.58. The summed E-state index contributed by atoms with van der Waals surface area (Å²) in [4.78, 5) is 16.4. The van der Waals surface area contributed by atoms with Crippen LogP contribution in [-0.4, -0.2) is 17.9 Å². The van der Waals surface area contributed by atoms with Gasteiger partial charge in [-0.1, -0.05) is 6.07 Å². The van der Waals surface area contributed by atoms with Crippen LogP contribution in [0.5, 0.6) is 0 Å². The molecule has 0 aliphatic heterocycles. The minimum Gasteiger partial charge on any atom is -0.322 e. The van der Waals surface area contributed by atoms with Crippen molar-refractivity contribution in [3.8, 4) is 0 Å². The van der Waals surface area contributed by atoms with Gasteiger partial charge in [-0.15, -0.1) is 0 Å². The van der Waals surface area contributed by atoms with Crippen molar-refractivity contribution in [2.24, 2.45) is 0 Å². The van der Waals surface area contributed by atoms with Gasteiger partial charge >= 0.3 is 0 Å². The van der Waals surface area contributed by atoms with Gasteiger partial charge in [0, 0.05) is 24.0 Å². The van der Waals surface area contributed by atoms with Crippen molar-refractivity contribution in [2.75, 3.05) is 12.4 Å². The number of aryl methyl sites for hydroxylation is 2. The van der Waals surface area contributed by atoms with Gasteiger partial charge in [0.15, 0.2) is 0 Å². The molecular weight excluding hydrogens is 250 g/mol. The first-order valence-corrected chi connectivity index (χ1v) is 6.57. The van der Waals surface area contributed by atoms with Crippen LogP contribution in [0.25, 0.3) is 0 Å². The maximum absolute atomic E-state index is 12.2. The summed E-state index contributed by atoms with van der Waals surface area (Å²) >= 11 is 0. The molecule has 0 saturated heterocycles. The monoisotopic (exact) mass is 269 g/mol. The van der Waals surface area contributed by atoms with Crippen LogP contribution < -0.4 is 10.6 Å². The fourth-order valence-electron chi connectivity index (χ4n) is 2.15. The quantitative estimate of drug-likeness (QED) is 0.897. The molecule has 104 valence electrons. The molecule has 2 aromatic rings. The summed E-state index contributed by atoms with van der Waals surface area (Å²) in [5, 5.41) is 5.94. The molecule has 2 N–H and O–H groups in total. The molecule has 2 rings (SSSR count). The van der Waals surface area contributed by atoms with E-state index >= 15 is 0 Å². The number of benzene rings is 1. The normalized spacial score (nSPS) is 10.3. The zero-order chi connectivity index (χ0) is 14.5. The Morgan fingerprint density at radius 2 is 1.85 bits per heavy atom. The number of rotatable bonds is 4. The number of nitrogens with one attached hydrogen (secondary N) is 2. The molecule has 1 amide bonds. The van der Waals surface area contributed by atoms with Crippen LogP contribution in [0.4, 0.5) is 5.69 Å². The van der Waals surface area contributed by atoms with Crippen molar-refractivity contribution in [1.29, 1.82) is 0 Å². The largest absolute Gasteiger partial charge is 0.322 e. The maximum Gasteiger partial charge on any atom is 0.255 e. The van der Waals surface area contributed by atoms with Gasteiger partial charge in [-0.2, -0.15) is 0 Å². The number of hydrogen-bond donors (Lipinski definition) is 2. The lowest BCUT2D eigenvalue weighted by molar-refractivity contribution is 0.102. The molecule has 0 bridgehead atoms. The Morgan fingerprint density at radius 3 is 2.50 bits per heavy atom. The van der Waals surface area contributed by atoms with Crippen molar-refractivity contribution in [3.05, 3.63) is 58.9 Å². The Bertz CT molecular complexity index is 603. The predicted octanol–water partition coefficient (Wildman–Crippen LogP) is 2.67. The summed E-state index contributed by atoms with van der Waals surface area (Å²) in [5.74, 6) is -0.116. The predicted molar refractivity (Wildman–Crippen MR) is 80.9 cm³/mol. The smallest absolute Gasteiger partial charge is 0.255 e. The highest BCUT2D eigenvalue weighted by molar-refractivity contribution is 6.04. The van der Waals surface area contributed by atoms with Gasteiger partial charge in [-0.05, 0) is 56.3 Å². The van der Waals surface area contributed by atoms with Gasteiger partial charge < -0.3 is 10.6 Å². The van der Waals surface area contributed by atoms with E-state index in [1.165, 1.54) is 0 Å². The van der Waals surface area contributed by atoms with Crippen LogP contribution in [0.2, 0.25) is 0 Å². The average molecular weight is 269 g/mol. The molecule has 1 aromatic heterocycles. The first kappa shape index (κ1) is 14.2. The molecule has 4 nitrogen and oxygen atoms in total. The molecule has 0 atom stereocenters. The molecule has 1 aromatic carbocycles. The second-order valence-corrected chi connectivity index (χ2v) is 4.90. The van der Waals surface area contributed by atoms with Gasteiger partial charge in [0.1, 0.15) is 0 Å². The van der Waals surface area contributed by atoms with E-state index in [9.17, 15) is 4.79 Å². The Labute approximate surface area is 119 Å². The van der Waals surface area contributed by atoms with Crippen LogP contribution in [0.3, 0.4) is 0 Å². The van der Waals surface area contributed by atoms with Crippen LogP contribution in [0.15, 0.2) is 36.5 Å². The third kappa shape index (κ3) is 3.65. The summed E-state index contributed by atoms with van der Waals surface area (Å²) in [5.41, 5.74) is 4.54. The van der Waals surface area contributed by atoms with Gasteiger partial charge in [-0.3, -0.25) is 9.78 Å². The van der Waals surface area contributed by atoms with E-state index in [2.05, 4.69) is 21.7 Å². The number of pyridine rings is 1. The van der Waals surface area contributed by atoms with E-state index in [4.69, 9.17) is 0 Å². The number of nitrogens with zero attached hydrogens (tertiary/aromatic N) is 1. The standard InChI is InChI=1S/C16H19N3O/c1-11-6-12(2)8-14(7-11)19-16(20)13-4-5-18-15(9-13)10-17-3/h4-9,17H,10H2,1-3H3,(H,19,20). The number of hydrogen-bond acceptors (Lipinski definition) is 3. The minimum atomic E-state index is -0.116. The molecule has 4 heteroatoms. The lowest BCUT2D eigenvalue weighted by atomic mass is 10.1. The summed E-state index contributed by atoms with van der Waals surface area (Å²) in [7, 11) is 1.85. The summed E-state index contributed by atoms with van der Waals surface area (Å²) in [6.45, 7) is 4.67. The van der Waals surface area contributed by atoms with Crippen molar-refractivity contribution in [2.45, 2.75) is 20.4 Å². The van der Waals surface area contributed by atoms with E-state index in [0.29, 0.717) is 12.1 Å². The summed E-state index contributed by atoms with van der Waals surface area (Å²) in [6, 6.07) is 9.51. The van der Waals surface area contributed by atoms with Crippen LogP contribution in [0, 0.1) is 13.8 Å². The molecule has 1 heterocycles. The Balaban J connectivity index is 2.17. The zero-order valence-corrected chi connectivity index (χ0v) is 12.0. The fraction of sp³-hybridized carbons (Fsp3) is 0.250. The van der Waals surface area contributed by atoms with Crippen molar-refractivity contribution < 1.29 is 4.79 Å². The van der Waals surface area contributed by atoms with E-state index in [0.717, 1.165) is 22.5 Å². The lowest BCUT2D eigenvalue weighted by Crippen LogP contribution is -2.14. The fourth-order valence-corrected chi connectivity index (χ4v) is 2.15. The maximum atomic E-state index is 12.2. The highest BCUT2D eigenvalue weighted by Gasteiger charge is 2.07. The van der Waals surface area contributed by atoms with E-state index in [1.54, 1.807) is 18.3 Å². The Hall–Kier alpha value is -2.20. The van der Waals surface area contributed by atoms with Crippen molar-refractivity contribution in [1.82, 2.24) is 10.3 Å².